The molecular weight excluding hydrogens is 308 g/mol. The van der Waals surface area contributed by atoms with Gasteiger partial charge >= 0.3 is 0 Å². The normalized spacial score (nSPS) is 19.8. The standard InChI is InChI=1S/C19H19ClN2O/c20-15-7-4-8-16-19(15)14(11-22-16)18(13-5-2-1-3-6-13)17-12-21-9-10-23-17/h1-8,11,17-18,21-22H,9-10,12H2. The predicted molar refractivity (Wildman–Crippen MR) is 94.2 cm³/mol. The third kappa shape index (κ3) is 2.76. The van der Waals surface area contributed by atoms with Crippen LogP contribution < -0.4 is 5.32 Å². The van der Waals surface area contributed by atoms with Gasteiger partial charge in [-0.3, -0.25) is 0 Å². The molecule has 118 valence electrons. The molecule has 3 nitrogen and oxygen atoms in total. The van der Waals surface area contributed by atoms with Gasteiger partial charge in [0.25, 0.3) is 0 Å². The Hall–Kier alpha value is -1.81. The Bertz CT molecular complexity index is 793. The highest BCUT2D eigenvalue weighted by atomic mass is 35.5. The van der Waals surface area contributed by atoms with Gasteiger partial charge in [-0.25, -0.2) is 0 Å². The minimum absolute atomic E-state index is 0.0985. The first-order valence-corrected chi connectivity index (χ1v) is 8.35. The van der Waals surface area contributed by atoms with Gasteiger partial charge in [-0.15, -0.1) is 0 Å². The zero-order valence-corrected chi connectivity index (χ0v) is 13.5. The van der Waals surface area contributed by atoms with Crippen LogP contribution in [0.25, 0.3) is 10.9 Å². The van der Waals surface area contributed by atoms with Crippen molar-refractivity contribution in [1.82, 2.24) is 10.3 Å². The van der Waals surface area contributed by atoms with Crippen molar-refractivity contribution >= 4 is 22.5 Å². The zero-order chi connectivity index (χ0) is 15.6. The fraction of sp³-hybridized carbons (Fsp3) is 0.263. The number of H-pyrrole nitrogens is 1. The third-order valence-corrected chi connectivity index (χ3v) is 4.82. The van der Waals surface area contributed by atoms with E-state index in [-0.39, 0.29) is 12.0 Å². The fourth-order valence-electron chi connectivity index (χ4n) is 3.47. The molecule has 0 amide bonds. The molecule has 2 heterocycles. The Morgan fingerprint density at radius 2 is 1.96 bits per heavy atom. The van der Waals surface area contributed by atoms with Crippen LogP contribution in [0, 0.1) is 0 Å². The van der Waals surface area contributed by atoms with E-state index in [4.69, 9.17) is 16.3 Å². The number of halogens is 1. The van der Waals surface area contributed by atoms with Crippen molar-refractivity contribution in [3.8, 4) is 0 Å². The molecule has 2 N–H and O–H groups in total. The van der Waals surface area contributed by atoms with E-state index in [2.05, 4.69) is 46.8 Å². The molecule has 1 aliphatic heterocycles. The largest absolute Gasteiger partial charge is 0.375 e. The van der Waals surface area contributed by atoms with Crippen molar-refractivity contribution < 1.29 is 4.74 Å². The first kappa shape index (κ1) is 14.8. The molecule has 0 aliphatic carbocycles. The number of hydrogen-bond acceptors (Lipinski definition) is 2. The number of ether oxygens (including phenoxy) is 1. The topological polar surface area (TPSA) is 37.0 Å². The number of rotatable bonds is 3. The van der Waals surface area contributed by atoms with E-state index >= 15 is 0 Å². The molecule has 0 radical (unpaired) electrons. The van der Waals surface area contributed by atoms with Crippen LogP contribution in [0.4, 0.5) is 0 Å². The van der Waals surface area contributed by atoms with Gasteiger partial charge in [-0.2, -0.15) is 0 Å². The van der Waals surface area contributed by atoms with Gasteiger partial charge in [-0.1, -0.05) is 48.0 Å². The van der Waals surface area contributed by atoms with E-state index in [1.165, 1.54) is 11.1 Å². The summed E-state index contributed by atoms with van der Waals surface area (Å²) in [4.78, 5) is 3.36. The highest BCUT2D eigenvalue weighted by Crippen LogP contribution is 2.37. The van der Waals surface area contributed by atoms with Crippen LogP contribution in [0.15, 0.2) is 54.7 Å². The second-order valence-corrected chi connectivity index (χ2v) is 6.32. The lowest BCUT2D eigenvalue weighted by atomic mass is 9.86. The highest BCUT2D eigenvalue weighted by Gasteiger charge is 2.29. The van der Waals surface area contributed by atoms with Crippen LogP contribution in [0.5, 0.6) is 0 Å². The monoisotopic (exact) mass is 326 g/mol. The zero-order valence-electron chi connectivity index (χ0n) is 12.8. The van der Waals surface area contributed by atoms with Crippen molar-refractivity contribution in [3.05, 3.63) is 70.9 Å². The number of aromatic nitrogens is 1. The van der Waals surface area contributed by atoms with Crippen LogP contribution in [0.2, 0.25) is 5.02 Å². The van der Waals surface area contributed by atoms with Gasteiger partial charge in [0.1, 0.15) is 0 Å². The van der Waals surface area contributed by atoms with Crippen LogP contribution in [0.1, 0.15) is 17.0 Å². The minimum Gasteiger partial charge on any atom is -0.375 e. The summed E-state index contributed by atoms with van der Waals surface area (Å²) < 4.78 is 6.09. The lowest BCUT2D eigenvalue weighted by Gasteiger charge is -2.31. The molecule has 23 heavy (non-hydrogen) atoms. The van der Waals surface area contributed by atoms with E-state index in [0.29, 0.717) is 0 Å². The van der Waals surface area contributed by atoms with Crippen molar-refractivity contribution in [2.75, 3.05) is 19.7 Å². The molecule has 1 fully saturated rings. The number of fused-ring (bicyclic) bond motifs is 1. The van der Waals surface area contributed by atoms with Crippen LogP contribution in [-0.4, -0.2) is 30.8 Å². The molecule has 3 aromatic rings. The molecule has 2 unspecified atom stereocenters. The van der Waals surface area contributed by atoms with E-state index in [1.807, 2.05) is 18.2 Å². The van der Waals surface area contributed by atoms with Gasteiger partial charge in [0.05, 0.1) is 17.7 Å². The Kier molecular flexibility index (Phi) is 4.08. The van der Waals surface area contributed by atoms with Crippen LogP contribution in [0.3, 0.4) is 0 Å². The lowest BCUT2D eigenvalue weighted by Crippen LogP contribution is -2.42. The highest BCUT2D eigenvalue weighted by molar-refractivity contribution is 6.35. The van der Waals surface area contributed by atoms with Gasteiger partial charge in [0.2, 0.25) is 0 Å². The molecule has 4 heteroatoms. The van der Waals surface area contributed by atoms with E-state index in [1.54, 1.807) is 0 Å². The maximum atomic E-state index is 6.50. The summed E-state index contributed by atoms with van der Waals surface area (Å²) in [5.41, 5.74) is 3.52. The molecule has 1 saturated heterocycles. The predicted octanol–water partition coefficient (Wildman–Crippen LogP) is 3.94. The average Bonchev–Trinajstić information content (AvgIpc) is 3.02. The van der Waals surface area contributed by atoms with Gasteiger partial charge in [0.15, 0.2) is 0 Å². The molecule has 1 aliphatic rings. The lowest BCUT2D eigenvalue weighted by molar-refractivity contribution is 0.0189. The number of morpholine rings is 1. The maximum absolute atomic E-state index is 6.50. The Balaban J connectivity index is 1.86. The Morgan fingerprint density at radius 3 is 2.74 bits per heavy atom. The van der Waals surface area contributed by atoms with E-state index in [9.17, 15) is 0 Å². The van der Waals surface area contributed by atoms with Crippen molar-refractivity contribution in [2.24, 2.45) is 0 Å². The van der Waals surface area contributed by atoms with Crippen molar-refractivity contribution in [3.63, 3.8) is 0 Å². The molecule has 1 aromatic heterocycles. The summed E-state index contributed by atoms with van der Waals surface area (Å²) in [6.45, 7) is 2.49. The Morgan fingerprint density at radius 1 is 1.09 bits per heavy atom. The first-order valence-electron chi connectivity index (χ1n) is 7.97. The fourth-order valence-corrected chi connectivity index (χ4v) is 3.75. The average molecular weight is 327 g/mol. The van der Waals surface area contributed by atoms with Gasteiger partial charge in [-0.05, 0) is 23.3 Å². The first-order chi connectivity index (χ1) is 11.3. The number of aromatic amines is 1. The van der Waals surface area contributed by atoms with E-state index in [0.717, 1.165) is 35.6 Å². The second-order valence-electron chi connectivity index (χ2n) is 5.91. The molecule has 2 aromatic carbocycles. The Labute approximate surface area is 140 Å². The number of hydrogen-bond donors (Lipinski definition) is 2. The molecule has 0 spiro atoms. The maximum Gasteiger partial charge on any atom is 0.0809 e. The van der Waals surface area contributed by atoms with Crippen LogP contribution in [-0.2, 0) is 4.74 Å². The smallest absolute Gasteiger partial charge is 0.0809 e. The summed E-state index contributed by atoms with van der Waals surface area (Å²) in [6.07, 6.45) is 2.17. The third-order valence-electron chi connectivity index (χ3n) is 4.51. The molecular formula is C19H19ClN2O. The summed E-state index contributed by atoms with van der Waals surface area (Å²) in [5, 5.41) is 5.32. The quantitative estimate of drug-likeness (QED) is 0.765. The van der Waals surface area contributed by atoms with Crippen LogP contribution >= 0.6 is 11.6 Å². The van der Waals surface area contributed by atoms with Crippen molar-refractivity contribution in [2.45, 2.75) is 12.0 Å². The molecule has 0 saturated carbocycles. The number of benzene rings is 2. The van der Waals surface area contributed by atoms with Gasteiger partial charge < -0.3 is 15.0 Å². The second kappa shape index (κ2) is 6.36. The summed E-state index contributed by atoms with van der Waals surface area (Å²) >= 11 is 6.50. The van der Waals surface area contributed by atoms with E-state index < -0.39 is 0 Å². The number of nitrogens with one attached hydrogen (secondary N) is 2. The summed E-state index contributed by atoms with van der Waals surface area (Å²) in [7, 11) is 0. The molecule has 0 bridgehead atoms. The summed E-state index contributed by atoms with van der Waals surface area (Å²) in [6, 6.07) is 16.5. The summed E-state index contributed by atoms with van der Waals surface area (Å²) in [5.74, 6) is 0.151. The minimum atomic E-state index is 0.0985. The van der Waals surface area contributed by atoms with Crippen molar-refractivity contribution in [1.29, 1.82) is 0 Å². The molecule has 2 atom stereocenters. The molecule has 4 rings (SSSR count). The SMILES string of the molecule is Clc1cccc2[nH]cc(C(c3ccccc3)C3CNCCO3)c12. The van der Waals surface area contributed by atoms with Gasteiger partial charge in [0, 0.05) is 36.1 Å².